The van der Waals surface area contributed by atoms with Gasteiger partial charge in [-0.25, -0.2) is 8.42 Å². The highest BCUT2D eigenvalue weighted by molar-refractivity contribution is 7.91. The second-order valence-corrected chi connectivity index (χ2v) is 7.13. The Morgan fingerprint density at radius 1 is 1.32 bits per heavy atom. The maximum absolute atomic E-state index is 12.2. The molecule has 0 amide bonds. The van der Waals surface area contributed by atoms with Crippen molar-refractivity contribution in [2.75, 3.05) is 5.75 Å². The van der Waals surface area contributed by atoms with E-state index in [1.165, 1.54) is 0 Å². The summed E-state index contributed by atoms with van der Waals surface area (Å²) in [6.07, 6.45) is 2.25. The molecule has 7 heteroatoms. The van der Waals surface area contributed by atoms with Crippen LogP contribution < -0.4 is 5.73 Å². The number of rotatable bonds is 2. The zero-order valence-electron chi connectivity index (χ0n) is 10.5. The molecule has 2 aromatic heterocycles. The molecular weight excluding hydrogens is 264 g/mol. The molecule has 1 aliphatic heterocycles. The average molecular weight is 280 g/mol. The van der Waals surface area contributed by atoms with Gasteiger partial charge in [0.05, 0.1) is 5.75 Å². The van der Waals surface area contributed by atoms with Gasteiger partial charge in [-0.1, -0.05) is 12.5 Å². The maximum Gasteiger partial charge on any atom is 0.161 e. The molecule has 6 nitrogen and oxygen atoms in total. The topological polar surface area (TPSA) is 90.3 Å². The summed E-state index contributed by atoms with van der Waals surface area (Å²) in [6, 6.07) is 5.53. The van der Waals surface area contributed by atoms with E-state index in [9.17, 15) is 8.42 Å². The number of sulfone groups is 1. The molecule has 2 N–H and O–H groups in total. The first-order valence-electron chi connectivity index (χ1n) is 6.38. The third-order valence-corrected chi connectivity index (χ3v) is 5.78. The van der Waals surface area contributed by atoms with Crippen molar-refractivity contribution in [2.24, 2.45) is 5.73 Å². The lowest BCUT2D eigenvalue weighted by Gasteiger charge is -2.21. The lowest BCUT2D eigenvalue weighted by molar-refractivity contribution is 0.536. The number of hydrogen-bond acceptors (Lipinski definition) is 5. The zero-order chi connectivity index (χ0) is 13.5. The monoisotopic (exact) mass is 280 g/mol. The van der Waals surface area contributed by atoms with Gasteiger partial charge < -0.3 is 5.73 Å². The molecule has 1 unspecified atom stereocenters. The van der Waals surface area contributed by atoms with E-state index in [-0.39, 0.29) is 5.75 Å². The fourth-order valence-corrected chi connectivity index (χ4v) is 4.53. The quantitative estimate of drug-likeness (QED) is 0.879. The van der Waals surface area contributed by atoms with Crippen molar-refractivity contribution in [1.82, 2.24) is 14.6 Å². The van der Waals surface area contributed by atoms with Crippen LogP contribution in [0, 0.1) is 0 Å². The second kappa shape index (κ2) is 4.57. The highest BCUT2D eigenvalue weighted by Gasteiger charge is 2.34. The van der Waals surface area contributed by atoms with Gasteiger partial charge in [0.1, 0.15) is 5.25 Å². The predicted octanol–water partition coefficient (Wildman–Crippen LogP) is 0.828. The van der Waals surface area contributed by atoms with E-state index in [1.54, 1.807) is 4.40 Å². The number of fused-ring (bicyclic) bond motifs is 1. The minimum atomic E-state index is -3.13. The van der Waals surface area contributed by atoms with Crippen LogP contribution in [0.15, 0.2) is 18.2 Å². The lowest BCUT2D eigenvalue weighted by Crippen LogP contribution is -2.24. The van der Waals surface area contributed by atoms with Crippen LogP contribution in [0.25, 0.3) is 5.65 Å². The Labute approximate surface area is 111 Å². The van der Waals surface area contributed by atoms with E-state index in [0.29, 0.717) is 24.4 Å². The first-order chi connectivity index (χ1) is 9.13. The van der Waals surface area contributed by atoms with Crippen molar-refractivity contribution >= 4 is 15.5 Å². The maximum atomic E-state index is 12.2. The summed E-state index contributed by atoms with van der Waals surface area (Å²) in [5.41, 5.74) is 7.20. The molecule has 0 saturated carbocycles. The number of pyridine rings is 1. The number of nitrogens with two attached hydrogens (primary N) is 1. The summed E-state index contributed by atoms with van der Waals surface area (Å²) < 4.78 is 26.2. The van der Waals surface area contributed by atoms with Crippen molar-refractivity contribution in [3.8, 4) is 0 Å². The van der Waals surface area contributed by atoms with Gasteiger partial charge >= 0.3 is 0 Å². The summed E-state index contributed by atoms with van der Waals surface area (Å²) in [4.78, 5) is 0. The largest absolute Gasteiger partial charge is 0.325 e. The Kier molecular flexibility index (Phi) is 3.02. The molecule has 0 bridgehead atoms. The molecular formula is C12H16N4O2S. The van der Waals surface area contributed by atoms with Gasteiger partial charge in [-0.3, -0.25) is 4.40 Å². The van der Waals surface area contributed by atoms with E-state index in [0.717, 1.165) is 18.5 Å². The molecule has 0 spiro atoms. The number of nitrogens with zero attached hydrogens (tertiary/aromatic N) is 3. The van der Waals surface area contributed by atoms with E-state index in [2.05, 4.69) is 10.2 Å². The highest BCUT2D eigenvalue weighted by atomic mass is 32.2. The lowest BCUT2D eigenvalue weighted by atomic mass is 10.2. The van der Waals surface area contributed by atoms with Gasteiger partial charge in [-0.2, -0.15) is 0 Å². The molecule has 19 heavy (non-hydrogen) atoms. The normalized spacial score (nSPS) is 22.7. The van der Waals surface area contributed by atoms with Gasteiger partial charge in [0.2, 0.25) is 0 Å². The van der Waals surface area contributed by atoms with Crippen molar-refractivity contribution in [3.05, 3.63) is 29.7 Å². The summed E-state index contributed by atoms with van der Waals surface area (Å²) in [6.45, 7) is 0.329. The Morgan fingerprint density at radius 3 is 2.89 bits per heavy atom. The molecule has 102 valence electrons. The number of hydrogen-bond donors (Lipinski definition) is 1. The van der Waals surface area contributed by atoms with E-state index >= 15 is 0 Å². The summed E-state index contributed by atoms with van der Waals surface area (Å²) in [5, 5.41) is 7.61. The van der Waals surface area contributed by atoms with Crippen LogP contribution >= 0.6 is 0 Å². The zero-order valence-corrected chi connectivity index (χ0v) is 11.3. The van der Waals surface area contributed by atoms with Crippen molar-refractivity contribution in [1.29, 1.82) is 0 Å². The van der Waals surface area contributed by atoms with Crippen LogP contribution in [0.1, 0.15) is 36.0 Å². The van der Waals surface area contributed by atoms with Crippen LogP contribution in [-0.2, 0) is 16.4 Å². The Balaban J connectivity index is 2.20. The first-order valence-corrected chi connectivity index (χ1v) is 8.09. The predicted molar refractivity (Wildman–Crippen MR) is 71.3 cm³/mol. The molecule has 3 rings (SSSR count). The molecule has 1 atom stereocenters. The van der Waals surface area contributed by atoms with Crippen molar-refractivity contribution < 1.29 is 8.42 Å². The molecule has 0 aliphatic carbocycles. The molecule has 2 aromatic rings. The minimum Gasteiger partial charge on any atom is -0.325 e. The average Bonchev–Trinajstić information content (AvgIpc) is 2.82. The van der Waals surface area contributed by atoms with Gasteiger partial charge in [-0.05, 0) is 25.0 Å². The van der Waals surface area contributed by atoms with Crippen LogP contribution in [0.4, 0.5) is 0 Å². The first kappa shape index (κ1) is 12.6. The molecule has 3 heterocycles. The van der Waals surface area contributed by atoms with Crippen LogP contribution in [0.2, 0.25) is 0 Å². The van der Waals surface area contributed by atoms with Gasteiger partial charge in [0.25, 0.3) is 0 Å². The SMILES string of the molecule is NCc1cccc2nnc(C3CCCCS3(=O)=O)n12. The van der Waals surface area contributed by atoms with Gasteiger partial charge in [-0.15, -0.1) is 10.2 Å². The fourth-order valence-electron chi connectivity index (χ4n) is 2.64. The third-order valence-electron chi connectivity index (χ3n) is 3.61. The highest BCUT2D eigenvalue weighted by Crippen LogP contribution is 2.32. The van der Waals surface area contributed by atoms with E-state index in [4.69, 9.17) is 5.73 Å². The van der Waals surface area contributed by atoms with Gasteiger partial charge in [0.15, 0.2) is 21.3 Å². The van der Waals surface area contributed by atoms with E-state index in [1.807, 2.05) is 18.2 Å². The van der Waals surface area contributed by atoms with Gasteiger partial charge in [0, 0.05) is 12.2 Å². The summed E-state index contributed by atoms with van der Waals surface area (Å²) in [5.74, 6) is 0.743. The van der Waals surface area contributed by atoms with Crippen molar-refractivity contribution in [3.63, 3.8) is 0 Å². The minimum absolute atomic E-state index is 0.234. The molecule has 0 radical (unpaired) electrons. The Morgan fingerprint density at radius 2 is 2.16 bits per heavy atom. The molecule has 0 aromatic carbocycles. The molecule has 1 fully saturated rings. The van der Waals surface area contributed by atoms with Crippen LogP contribution in [0.3, 0.4) is 0 Å². The molecule has 1 saturated heterocycles. The third kappa shape index (κ3) is 2.02. The van der Waals surface area contributed by atoms with Crippen molar-refractivity contribution in [2.45, 2.75) is 31.1 Å². The molecule has 1 aliphatic rings. The smallest absolute Gasteiger partial charge is 0.161 e. The fraction of sp³-hybridized carbons (Fsp3) is 0.500. The summed E-state index contributed by atoms with van der Waals surface area (Å²) in [7, 11) is -3.13. The second-order valence-electron chi connectivity index (χ2n) is 4.82. The Bertz CT molecular complexity index is 708. The standard InChI is InChI=1S/C12H16N4O2S/c13-8-9-4-3-6-11-14-15-12(16(9)11)10-5-1-2-7-19(10,17)18/h3-4,6,10H,1-2,5,7-8,13H2. The summed E-state index contributed by atoms with van der Waals surface area (Å²) >= 11 is 0. The Hall–Kier alpha value is -1.47. The van der Waals surface area contributed by atoms with Crippen LogP contribution in [-0.4, -0.2) is 28.8 Å². The van der Waals surface area contributed by atoms with Crippen LogP contribution in [0.5, 0.6) is 0 Å². The van der Waals surface area contributed by atoms with E-state index < -0.39 is 15.1 Å². The number of aromatic nitrogens is 3.